The third kappa shape index (κ3) is 6.39. The van der Waals surface area contributed by atoms with Gasteiger partial charge < -0.3 is 10.2 Å². The van der Waals surface area contributed by atoms with Gasteiger partial charge in [0.15, 0.2) is 0 Å². The van der Waals surface area contributed by atoms with Crippen LogP contribution < -0.4 is 5.32 Å². The lowest BCUT2D eigenvalue weighted by Crippen LogP contribution is -2.44. The first-order valence-electron chi connectivity index (χ1n) is 15.2. The summed E-state index contributed by atoms with van der Waals surface area (Å²) in [6.45, 7) is 6.25. The van der Waals surface area contributed by atoms with E-state index in [1.54, 1.807) is 0 Å². The molecule has 1 aliphatic carbocycles. The van der Waals surface area contributed by atoms with Crippen LogP contribution in [0.2, 0.25) is 5.02 Å². The summed E-state index contributed by atoms with van der Waals surface area (Å²) in [7, 11) is 0. The first-order valence-corrected chi connectivity index (χ1v) is 16.4. The SMILES string of the molecule is O=C(CC1CCNCC1)N1CCC(C2CCN(C3c4ccc(Cl)cc4CCCc4cc(Br)cnc43)CC2)CC1. The van der Waals surface area contributed by atoms with Crippen LogP contribution >= 0.6 is 27.5 Å². The molecule has 7 heteroatoms. The highest BCUT2D eigenvalue weighted by atomic mass is 79.9. The van der Waals surface area contributed by atoms with E-state index in [2.05, 4.69) is 55.3 Å². The van der Waals surface area contributed by atoms with E-state index in [1.165, 1.54) is 48.1 Å². The largest absolute Gasteiger partial charge is 0.343 e. The number of hydrogen-bond donors (Lipinski definition) is 1. The number of carbonyl (C=O) groups excluding carboxylic acids is 1. The molecule has 2 aromatic rings. The molecule has 1 amide bonds. The highest BCUT2D eigenvalue weighted by molar-refractivity contribution is 9.10. The summed E-state index contributed by atoms with van der Waals surface area (Å²) < 4.78 is 1.07. The Morgan fingerprint density at radius 2 is 1.64 bits per heavy atom. The van der Waals surface area contributed by atoms with Crippen molar-refractivity contribution in [2.75, 3.05) is 39.3 Å². The van der Waals surface area contributed by atoms with E-state index in [1.807, 2.05) is 6.20 Å². The predicted molar refractivity (Wildman–Crippen MR) is 161 cm³/mol. The highest BCUT2D eigenvalue weighted by Crippen LogP contribution is 2.41. The number of rotatable bonds is 4. The zero-order chi connectivity index (χ0) is 26.8. The van der Waals surface area contributed by atoms with Gasteiger partial charge in [-0.05, 0) is 153 Å². The van der Waals surface area contributed by atoms with Gasteiger partial charge in [-0.1, -0.05) is 17.7 Å². The number of nitrogens with zero attached hydrogens (tertiary/aromatic N) is 3. The molecule has 4 heterocycles. The molecular weight excluding hydrogens is 572 g/mol. The van der Waals surface area contributed by atoms with Crippen molar-refractivity contribution >= 4 is 33.4 Å². The number of aryl methyl sites for hydroxylation is 2. The average Bonchev–Trinajstić information content (AvgIpc) is 2.95. The number of nitrogens with one attached hydrogen (secondary N) is 1. The number of likely N-dealkylation sites (tertiary alicyclic amines) is 2. The van der Waals surface area contributed by atoms with Gasteiger partial charge in [0.05, 0.1) is 11.7 Å². The number of aromatic nitrogens is 1. The summed E-state index contributed by atoms with van der Waals surface area (Å²) >= 11 is 10.1. The molecule has 0 spiro atoms. The lowest BCUT2D eigenvalue weighted by Gasteiger charge is -2.43. The second-order valence-electron chi connectivity index (χ2n) is 12.3. The number of piperidine rings is 3. The second kappa shape index (κ2) is 12.6. The van der Waals surface area contributed by atoms with Gasteiger partial charge in [0.25, 0.3) is 0 Å². The topological polar surface area (TPSA) is 48.5 Å². The molecule has 1 N–H and O–H groups in total. The lowest BCUT2D eigenvalue weighted by molar-refractivity contribution is -0.134. The Morgan fingerprint density at radius 3 is 2.38 bits per heavy atom. The fourth-order valence-electron chi connectivity index (χ4n) is 7.71. The molecule has 1 unspecified atom stereocenters. The van der Waals surface area contributed by atoms with E-state index >= 15 is 0 Å². The molecule has 3 aliphatic heterocycles. The molecule has 6 rings (SSSR count). The minimum Gasteiger partial charge on any atom is -0.343 e. The highest BCUT2D eigenvalue weighted by Gasteiger charge is 2.36. The van der Waals surface area contributed by atoms with E-state index in [4.69, 9.17) is 16.6 Å². The first-order chi connectivity index (χ1) is 19.0. The molecule has 1 aromatic carbocycles. The molecule has 1 atom stereocenters. The third-order valence-electron chi connectivity index (χ3n) is 9.94. The molecule has 4 aliphatic rings. The summed E-state index contributed by atoms with van der Waals surface area (Å²) in [5.41, 5.74) is 5.36. The minimum atomic E-state index is 0.191. The number of pyridine rings is 1. The van der Waals surface area contributed by atoms with E-state index in [0.717, 1.165) is 99.1 Å². The predicted octanol–water partition coefficient (Wildman–Crippen LogP) is 6.42. The molecule has 3 fully saturated rings. The Bertz CT molecular complexity index is 1100. The lowest BCUT2D eigenvalue weighted by atomic mass is 9.77. The monoisotopic (exact) mass is 612 g/mol. The Balaban J connectivity index is 1.10. The van der Waals surface area contributed by atoms with Gasteiger partial charge in [0.1, 0.15) is 0 Å². The van der Waals surface area contributed by atoms with Crippen LogP contribution in [0.5, 0.6) is 0 Å². The van der Waals surface area contributed by atoms with Crippen LogP contribution in [-0.4, -0.2) is 60.0 Å². The fourth-order valence-corrected chi connectivity index (χ4v) is 8.29. The van der Waals surface area contributed by atoms with Crippen LogP contribution in [0.3, 0.4) is 0 Å². The fraction of sp³-hybridized carbons (Fsp3) is 0.625. The molecule has 0 bridgehead atoms. The van der Waals surface area contributed by atoms with Crippen molar-refractivity contribution in [3.05, 3.63) is 62.3 Å². The minimum absolute atomic E-state index is 0.191. The summed E-state index contributed by atoms with van der Waals surface area (Å²) in [5, 5.41) is 4.24. The Hall–Kier alpha value is -1.47. The number of amides is 1. The quantitative estimate of drug-likeness (QED) is 0.433. The van der Waals surface area contributed by atoms with Crippen molar-refractivity contribution in [2.24, 2.45) is 17.8 Å². The maximum atomic E-state index is 12.9. The van der Waals surface area contributed by atoms with Gasteiger partial charge in [-0.2, -0.15) is 0 Å². The van der Waals surface area contributed by atoms with Crippen LogP contribution in [0.15, 0.2) is 34.9 Å². The summed E-state index contributed by atoms with van der Waals surface area (Å²) in [4.78, 5) is 22.8. The summed E-state index contributed by atoms with van der Waals surface area (Å²) in [6, 6.07) is 8.96. The molecule has 0 saturated carbocycles. The van der Waals surface area contributed by atoms with Gasteiger partial charge in [-0.25, -0.2) is 0 Å². The van der Waals surface area contributed by atoms with Crippen molar-refractivity contribution in [1.82, 2.24) is 20.1 Å². The van der Waals surface area contributed by atoms with Gasteiger partial charge in [0.2, 0.25) is 5.91 Å². The molecule has 3 saturated heterocycles. The van der Waals surface area contributed by atoms with E-state index in [0.29, 0.717) is 11.8 Å². The molecular formula is C32H42BrClN4O. The molecule has 39 heavy (non-hydrogen) atoms. The Labute approximate surface area is 247 Å². The van der Waals surface area contributed by atoms with Crippen LogP contribution in [0.4, 0.5) is 0 Å². The molecule has 0 radical (unpaired) electrons. The zero-order valence-corrected chi connectivity index (χ0v) is 25.4. The second-order valence-corrected chi connectivity index (χ2v) is 13.6. The maximum absolute atomic E-state index is 12.9. The van der Waals surface area contributed by atoms with Crippen molar-refractivity contribution in [3.8, 4) is 0 Å². The number of halogens is 2. The van der Waals surface area contributed by atoms with E-state index < -0.39 is 0 Å². The van der Waals surface area contributed by atoms with Crippen molar-refractivity contribution < 1.29 is 4.79 Å². The maximum Gasteiger partial charge on any atom is 0.222 e. The summed E-state index contributed by atoms with van der Waals surface area (Å²) in [6.07, 6.45) is 13.1. The van der Waals surface area contributed by atoms with Crippen LogP contribution in [-0.2, 0) is 17.6 Å². The number of benzene rings is 1. The van der Waals surface area contributed by atoms with E-state index in [-0.39, 0.29) is 6.04 Å². The van der Waals surface area contributed by atoms with Gasteiger partial charge in [0, 0.05) is 35.2 Å². The van der Waals surface area contributed by atoms with Gasteiger partial charge in [-0.3, -0.25) is 14.7 Å². The molecule has 5 nitrogen and oxygen atoms in total. The number of hydrogen-bond acceptors (Lipinski definition) is 4. The van der Waals surface area contributed by atoms with Crippen LogP contribution in [0.1, 0.15) is 79.8 Å². The Morgan fingerprint density at radius 1 is 0.949 bits per heavy atom. The normalized spacial score (nSPS) is 24.1. The van der Waals surface area contributed by atoms with Crippen LogP contribution in [0, 0.1) is 17.8 Å². The van der Waals surface area contributed by atoms with Crippen molar-refractivity contribution in [2.45, 2.75) is 70.3 Å². The Kier molecular flexibility index (Phi) is 8.94. The van der Waals surface area contributed by atoms with Gasteiger partial charge >= 0.3 is 0 Å². The van der Waals surface area contributed by atoms with Gasteiger partial charge in [-0.15, -0.1) is 0 Å². The molecule has 1 aromatic heterocycles. The summed E-state index contributed by atoms with van der Waals surface area (Å²) in [5.74, 6) is 2.49. The standard InChI is InChI=1S/C32H42BrClN4O/c33-27-19-26-3-1-2-25-20-28(34)4-5-29(25)32(31(26)36-21-27)38-16-10-24(11-17-38)23-8-14-37(15-9-23)30(39)18-22-6-12-35-13-7-22/h4-5,19-24,32,35H,1-3,6-18H2. The first kappa shape index (κ1) is 27.7. The van der Waals surface area contributed by atoms with Crippen molar-refractivity contribution in [3.63, 3.8) is 0 Å². The smallest absolute Gasteiger partial charge is 0.222 e. The zero-order valence-electron chi connectivity index (χ0n) is 23.0. The third-order valence-corrected chi connectivity index (χ3v) is 10.6. The number of carbonyl (C=O) groups is 1. The molecule has 210 valence electrons. The van der Waals surface area contributed by atoms with E-state index in [9.17, 15) is 4.79 Å². The van der Waals surface area contributed by atoms with Crippen molar-refractivity contribution in [1.29, 1.82) is 0 Å². The number of fused-ring (bicyclic) bond motifs is 2. The average molecular weight is 614 g/mol. The van der Waals surface area contributed by atoms with Crippen LogP contribution in [0.25, 0.3) is 0 Å².